The van der Waals surface area contributed by atoms with Crippen molar-refractivity contribution in [3.63, 3.8) is 0 Å². The number of hydrogen-bond donors (Lipinski definition) is 3. The van der Waals surface area contributed by atoms with Crippen molar-refractivity contribution in [2.24, 2.45) is 5.92 Å². The third-order valence-corrected chi connectivity index (χ3v) is 3.06. The monoisotopic (exact) mass is 249 g/mol. The summed E-state index contributed by atoms with van der Waals surface area (Å²) in [5.74, 6) is 1.32. The average Bonchev–Trinajstić information content (AvgIpc) is 2.90. The molecular weight excluding hydrogens is 230 g/mol. The van der Waals surface area contributed by atoms with Crippen molar-refractivity contribution < 1.29 is 9.53 Å². The normalized spacial score (nSPS) is 18.4. The fraction of sp³-hybridized carbons (Fsp3) is 0.462. The van der Waals surface area contributed by atoms with Crippen LogP contribution in [0.1, 0.15) is 6.42 Å². The van der Waals surface area contributed by atoms with E-state index in [1.54, 1.807) is 7.11 Å². The molecule has 98 valence electrons. The zero-order chi connectivity index (χ0) is 12.8. The molecule has 5 nitrogen and oxygen atoms in total. The molecule has 0 spiro atoms. The highest BCUT2D eigenvalue weighted by Gasteiger charge is 2.14. The molecule has 1 aliphatic rings. The molecule has 0 aromatic heterocycles. The number of methoxy groups -OCH3 is 1. The Morgan fingerprint density at radius 2 is 2.22 bits per heavy atom. The topological polar surface area (TPSA) is 62.4 Å². The lowest BCUT2D eigenvalue weighted by molar-refractivity contribution is 0.250. The molecule has 18 heavy (non-hydrogen) atoms. The third-order valence-electron chi connectivity index (χ3n) is 3.06. The maximum atomic E-state index is 11.6. The lowest BCUT2D eigenvalue weighted by atomic mass is 10.1. The number of nitrogens with one attached hydrogen (secondary N) is 3. The predicted molar refractivity (Wildman–Crippen MR) is 71.0 cm³/mol. The van der Waals surface area contributed by atoms with Crippen molar-refractivity contribution in [2.45, 2.75) is 6.42 Å². The Labute approximate surface area is 107 Å². The highest BCUT2D eigenvalue weighted by molar-refractivity contribution is 5.89. The van der Waals surface area contributed by atoms with Gasteiger partial charge in [-0.1, -0.05) is 0 Å². The molecule has 1 atom stereocenters. The van der Waals surface area contributed by atoms with Crippen molar-refractivity contribution in [3.05, 3.63) is 24.3 Å². The molecule has 0 aliphatic carbocycles. The number of amides is 2. The Morgan fingerprint density at radius 3 is 2.83 bits per heavy atom. The highest BCUT2D eigenvalue weighted by Crippen LogP contribution is 2.14. The minimum Gasteiger partial charge on any atom is -0.497 e. The van der Waals surface area contributed by atoms with E-state index in [1.807, 2.05) is 24.3 Å². The molecule has 1 aliphatic heterocycles. The highest BCUT2D eigenvalue weighted by atomic mass is 16.5. The van der Waals surface area contributed by atoms with Crippen molar-refractivity contribution in [2.75, 3.05) is 32.1 Å². The first kappa shape index (κ1) is 12.7. The van der Waals surface area contributed by atoms with Crippen LogP contribution in [-0.2, 0) is 0 Å². The third kappa shape index (κ3) is 3.63. The summed E-state index contributed by atoms with van der Waals surface area (Å²) in [5.41, 5.74) is 0.762. The summed E-state index contributed by atoms with van der Waals surface area (Å²) in [6, 6.07) is 7.10. The van der Waals surface area contributed by atoms with Gasteiger partial charge in [0.05, 0.1) is 7.11 Å². The number of carbonyl (C=O) groups excluding carboxylic acids is 1. The van der Waals surface area contributed by atoms with E-state index < -0.39 is 0 Å². The van der Waals surface area contributed by atoms with Gasteiger partial charge in [-0.25, -0.2) is 4.79 Å². The van der Waals surface area contributed by atoms with E-state index in [0.29, 0.717) is 5.92 Å². The van der Waals surface area contributed by atoms with E-state index >= 15 is 0 Å². The number of rotatable bonds is 4. The van der Waals surface area contributed by atoms with E-state index in [2.05, 4.69) is 16.0 Å². The van der Waals surface area contributed by atoms with Gasteiger partial charge >= 0.3 is 6.03 Å². The maximum absolute atomic E-state index is 11.6. The van der Waals surface area contributed by atoms with Crippen LogP contribution in [0.15, 0.2) is 24.3 Å². The molecule has 1 heterocycles. The predicted octanol–water partition coefficient (Wildman–Crippen LogP) is 1.43. The molecular formula is C13H19N3O2. The first-order valence-electron chi connectivity index (χ1n) is 6.17. The lowest BCUT2D eigenvalue weighted by Gasteiger charge is -2.11. The second-order valence-electron chi connectivity index (χ2n) is 4.42. The molecule has 3 N–H and O–H groups in total. The van der Waals surface area contributed by atoms with Gasteiger partial charge in [0.2, 0.25) is 0 Å². The number of anilines is 1. The van der Waals surface area contributed by atoms with Crippen LogP contribution in [0.2, 0.25) is 0 Å². The van der Waals surface area contributed by atoms with E-state index in [1.165, 1.54) is 0 Å². The number of benzene rings is 1. The molecule has 0 bridgehead atoms. The van der Waals surface area contributed by atoms with Gasteiger partial charge in [-0.05, 0) is 49.7 Å². The molecule has 1 unspecified atom stereocenters. The standard InChI is InChI=1S/C13H19N3O2/c1-18-12-4-2-11(3-5-12)16-13(17)15-9-10-6-7-14-8-10/h2-5,10,14H,6-9H2,1H3,(H2,15,16,17). The molecule has 5 heteroatoms. The average molecular weight is 249 g/mol. The summed E-state index contributed by atoms with van der Waals surface area (Å²) in [5, 5.41) is 8.94. The maximum Gasteiger partial charge on any atom is 0.319 e. The Hall–Kier alpha value is -1.75. The summed E-state index contributed by atoms with van der Waals surface area (Å²) in [7, 11) is 1.62. The van der Waals surface area contributed by atoms with Crippen LogP contribution in [0.3, 0.4) is 0 Å². The largest absolute Gasteiger partial charge is 0.497 e. The quantitative estimate of drug-likeness (QED) is 0.756. The van der Waals surface area contributed by atoms with Gasteiger partial charge in [-0.3, -0.25) is 0 Å². The summed E-state index contributed by atoms with van der Waals surface area (Å²) in [6.45, 7) is 2.75. The van der Waals surface area contributed by atoms with Crippen LogP contribution in [-0.4, -0.2) is 32.8 Å². The number of urea groups is 1. The zero-order valence-electron chi connectivity index (χ0n) is 10.5. The van der Waals surface area contributed by atoms with Crippen LogP contribution >= 0.6 is 0 Å². The van der Waals surface area contributed by atoms with Crippen LogP contribution < -0.4 is 20.7 Å². The molecule has 1 aromatic rings. The molecule has 2 rings (SSSR count). The molecule has 0 radical (unpaired) electrons. The van der Waals surface area contributed by atoms with Crippen molar-refractivity contribution in [1.29, 1.82) is 0 Å². The molecule has 2 amide bonds. The smallest absolute Gasteiger partial charge is 0.319 e. The van der Waals surface area contributed by atoms with E-state index in [0.717, 1.165) is 37.5 Å². The van der Waals surface area contributed by atoms with Gasteiger partial charge in [0.25, 0.3) is 0 Å². The first-order valence-corrected chi connectivity index (χ1v) is 6.17. The Kier molecular flexibility index (Phi) is 4.41. The Morgan fingerprint density at radius 1 is 1.44 bits per heavy atom. The van der Waals surface area contributed by atoms with Gasteiger partial charge in [0, 0.05) is 12.2 Å². The van der Waals surface area contributed by atoms with Crippen LogP contribution in [0, 0.1) is 5.92 Å². The van der Waals surface area contributed by atoms with E-state index in [-0.39, 0.29) is 6.03 Å². The summed E-state index contributed by atoms with van der Waals surface area (Å²) in [6.07, 6.45) is 1.13. The number of ether oxygens (including phenoxy) is 1. The molecule has 1 saturated heterocycles. The summed E-state index contributed by atoms with van der Waals surface area (Å²) < 4.78 is 5.05. The SMILES string of the molecule is COc1ccc(NC(=O)NCC2CCNC2)cc1. The van der Waals surface area contributed by atoms with Gasteiger partial charge < -0.3 is 20.7 Å². The second-order valence-corrected chi connectivity index (χ2v) is 4.42. The summed E-state index contributed by atoms with van der Waals surface area (Å²) in [4.78, 5) is 11.6. The van der Waals surface area contributed by atoms with Crippen LogP contribution in [0.25, 0.3) is 0 Å². The Bertz CT molecular complexity index is 386. The molecule has 1 aromatic carbocycles. The minimum atomic E-state index is -0.160. The first-order chi connectivity index (χ1) is 8.78. The van der Waals surface area contributed by atoms with Crippen molar-refractivity contribution >= 4 is 11.7 Å². The fourth-order valence-corrected chi connectivity index (χ4v) is 1.98. The van der Waals surface area contributed by atoms with Gasteiger partial charge in [-0.15, -0.1) is 0 Å². The summed E-state index contributed by atoms with van der Waals surface area (Å²) >= 11 is 0. The Balaban J connectivity index is 1.75. The lowest BCUT2D eigenvalue weighted by Crippen LogP contribution is -2.33. The molecule has 1 fully saturated rings. The van der Waals surface area contributed by atoms with Gasteiger partial charge in [0.15, 0.2) is 0 Å². The van der Waals surface area contributed by atoms with E-state index in [4.69, 9.17) is 4.74 Å². The van der Waals surface area contributed by atoms with Crippen molar-refractivity contribution in [3.8, 4) is 5.75 Å². The van der Waals surface area contributed by atoms with Crippen molar-refractivity contribution in [1.82, 2.24) is 10.6 Å². The number of carbonyl (C=O) groups is 1. The molecule has 0 saturated carbocycles. The van der Waals surface area contributed by atoms with Gasteiger partial charge in [0.1, 0.15) is 5.75 Å². The zero-order valence-corrected chi connectivity index (χ0v) is 10.5. The number of hydrogen-bond acceptors (Lipinski definition) is 3. The minimum absolute atomic E-state index is 0.160. The van der Waals surface area contributed by atoms with E-state index in [9.17, 15) is 4.79 Å². The second kappa shape index (κ2) is 6.26. The van der Waals surface area contributed by atoms with Crippen LogP contribution in [0.4, 0.5) is 10.5 Å². The fourth-order valence-electron chi connectivity index (χ4n) is 1.98. The van der Waals surface area contributed by atoms with Crippen LogP contribution in [0.5, 0.6) is 5.75 Å². The van der Waals surface area contributed by atoms with Gasteiger partial charge in [-0.2, -0.15) is 0 Å².